The highest BCUT2D eigenvalue weighted by molar-refractivity contribution is 6.09. The van der Waals surface area contributed by atoms with Crippen molar-refractivity contribution in [2.24, 2.45) is 0 Å². The number of fused-ring (bicyclic) bond motifs is 1. The Hall–Kier alpha value is -5.20. The first-order chi connectivity index (χ1) is 20.8. The van der Waals surface area contributed by atoms with Crippen LogP contribution in [-0.2, 0) is 9.53 Å². The number of nitrogens with one attached hydrogen (secondary N) is 4. The topological polar surface area (TPSA) is 149 Å². The number of rotatable bonds is 8. The number of morpholine rings is 1. The minimum absolute atomic E-state index is 0.0315. The van der Waals surface area contributed by atoms with Crippen LogP contribution in [0.1, 0.15) is 12.5 Å². The smallest absolute Gasteiger partial charge is 0.323 e. The fourth-order valence-electron chi connectivity index (χ4n) is 4.72. The van der Waals surface area contributed by atoms with Crippen LogP contribution in [0.4, 0.5) is 32.1 Å². The Bertz CT molecular complexity index is 1700. The SMILES string of the molecule is C[NH2+]/C=C(\C=N)c1ccc2c(N3CCOCC3)nc(-c3ccc(NC(=O)Nc4ccc(NC(C)=O)c(F)c4)cc3)nc2c1. The summed E-state index contributed by atoms with van der Waals surface area (Å²) in [6.07, 6.45) is 3.21. The van der Waals surface area contributed by atoms with E-state index in [2.05, 4.69) is 20.9 Å². The molecular weight excluding hydrogens is 551 g/mol. The predicted octanol–water partition coefficient (Wildman–Crippen LogP) is 4.06. The van der Waals surface area contributed by atoms with Gasteiger partial charge in [0.1, 0.15) is 17.8 Å². The number of halogens is 1. The number of nitrogens with two attached hydrogens (primary N) is 1. The van der Waals surface area contributed by atoms with Crippen LogP contribution in [-0.4, -0.2) is 61.5 Å². The van der Waals surface area contributed by atoms with Crippen molar-refractivity contribution in [1.29, 1.82) is 5.41 Å². The van der Waals surface area contributed by atoms with E-state index < -0.39 is 17.8 Å². The van der Waals surface area contributed by atoms with Crippen LogP contribution in [0, 0.1) is 11.2 Å². The zero-order valence-corrected chi connectivity index (χ0v) is 23.8. The molecule has 12 heteroatoms. The number of carbonyl (C=O) groups excluding carboxylic acids is 2. The van der Waals surface area contributed by atoms with Gasteiger partial charge in [0.05, 0.1) is 37.0 Å². The summed E-state index contributed by atoms with van der Waals surface area (Å²) in [7, 11) is 1.91. The number of anilines is 4. The van der Waals surface area contributed by atoms with Crippen molar-refractivity contribution < 1.29 is 24.0 Å². The van der Waals surface area contributed by atoms with Gasteiger partial charge in [0.25, 0.3) is 0 Å². The number of carbonyl (C=O) groups is 2. The Morgan fingerprint density at radius 1 is 0.977 bits per heavy atom. The summed E-state index contributed by atoms with van der Waals surface area (Å²) in [5, 5.41) is 18.3. The van der Waals surface area contributed by atoms with Gasteiger partial charge in [0, 0.05) is 48.6 Å². The van der Waals surface area contributed by atoms with Crippen LogP contribution < -0.4 is 26.2 Å². The lowest BCUT2D eigenvalue weighted by molar-refractivity contribution is -0.555. The summed E-state index contributed by atoms with van der Waals surface area (Å²) in [6, 6.07) is 16.5. The normalized spacial score (nSPS) is 13.5. The van der Waals surface area contributed by atoms with Crippen molar-refractivity contribution in [3.05, 3.63) is 78.2 Å². The average molecular weight is 584 g/mol. The van der Waals surface area contributed by atoms with Crippen molar-refractivity contribution in [3.8, 4) is 11.4 Å². The van der Waals surface area contributed by atoms with E-state index in [1.54, 1.807) is 12.1 Å². The molecule has 1 fully saturated rings. The van der Waals surface area contributed by atoms with Gasteiger partial charge in [0.2, 0.25) is 5.91 Å². The summed E-state index contributed by atoms with van der Waals surface area (Å²) < 4.78 is 19.8. The maximum absolute atomic E-state index is 14.2. The Morgan fingerprint density at radius 2 is 1.70 bits per heavy atom. The number of quaternary nitrogens is 1. The lowest BCUT2D eigenvalue weighted by Gasteiger charge is -2.29. The van der Waals surface area contributed by atoms with Gasteiger partial charge in [0.15, 0.2) is 5.82 Å². The van der Waals surface area contributed by atoms with Crippen LogP contribution in [0.5, 0.6) is 0 Å². The van der Waals surface area contributed by atoms with Crippen LogP contribution in [0.25, 0.3) is 27.9 Å². The Morgan fingerprint density at radius 3 is 2.37 bits per heavy atom. The van der Waals surface area contributed by atoms with Gasteiger partial charge in [-0.2, -0.15) is 0 Å². The zero-order chi connectivity index (χ0) is 30.3. The van der Waals surface area contributed by atoms with Crippen molar-refractivity contribution >= 4 is 57.5 Å². The van der Waals surface area contributed by atoms with Crippen molar-refractivity contribution in [2.45, 2.75) is 6.92 Å². The number of urea groups is 1. The first kappa shape index (κ1) is 29.3. The van der Waals surface area contributed by atoms with Crippen molar-refractivity contribution in [1.82, 2.24) is 9.97 Å². The van der Waals surface area contributed by atoms with Crippen molar-refractivity contribution in [3.63, 3.8) is 0 Å². The fraction of sp³-hybridized carbons (Fsp3) is 0.194. The highest BCUT2D eigenvalue weighted by atomic mass is 19.1. The Balaban J connectivity index is 1.39. The monoisotopic (exact) mass is 583 g/mol. The van der Waals surface area contributed by atoms with Crippen LogP contribution in [0.3, 0.4) is 0 Å². The molecule has 0 saturated carbocycles. The van der Waals surface area contributed by atoms with Gasteiger partial charge in [-0.1, -0.05) is 6.07 Å². The molecule has 0 spiro atoms. The van der Waals surface area contributed by atoms with E-state index in [1.165, 1.54) is 25.3 Å². The molecule has 220 valence electrons. The molecule has 1 aromatic heterocycles. The summed E-state index contributed by atoms with van der Waals surface area (Å²) in [4.78, 5) is 35.7. The van der Waals surface area contributed by atoms with Gasteiger partial charge < -0.3 is 36.3 Å². The van der Waals surface area contributed by atoms with Gasteiger partial charge in [-0.25, -0.2) is 19.2 Å². The standard InChI is InChI=1S/C31H31FN8O3/c1-19(41)35-27-10-8-24(16-26(27)32)37-31(42)36-23-6-3-20(4-7-23)29-38-28-15-21(22(17-33)18-34-2)5-9-25(28)30(39-29)40-11-13-43-14-12-40/h3-10,15-18,33-34H,11-14H2,1-2H3,(H,35,41)(H2,36,37,42)/p+1/b22-18+,33-17?. The quantitative estimate of drug-likeness (QED) is 0.198. The molecule has 5 rings (SSSR count). The summed E-state index contributed by atoms with van der Waals surface area (Å²) in [5.74, 6) is 0.289. The molecule has 1 saturated heterocycles. The molecule has 3 aromatic carbocycles. The third kappa shape index (κ3) is 7.00. The van der Waals surface area contributed by atoms with E-state index in [0.29, 0.717) is 37.8 Å². The predicted molar refractivity (Wildman–Crippen MR) is 166 cm³/mol. The Labute approximate surface area is 247 Å². The van der Waals surface area contributed by atoms with Gasteiger partial charge in [-0.05, 0) is 60.2 Å². The number of allylic oxidation sites excluding steroid dienone is 1. The molecule has 0 bridgehead atoms. The number of ether oxygens (including phenoxy) is 1. The number of hydrogen-bond acceptors (Lipinski definition) is 7. The molecule has 4 aromatic rings. The molecule has 0 aliphatic carbocycles. The second-order valence-electron chi connectivity index (χ2n) is 9.83. The highest BCUT2D eigenvalue weighted by Crippen LogP contribution is 2.30. The number of aromatic nitrogens is 2. The summed E-state index contributed by atoms with van der Waals surface area (Å²) in [5.41, 5.74) is 3.96. The molecule has 0 atom stereocenters. The van der Waals surface area contributed by atoms with Crippen LogP contribution in [0.2, 0.25) is 0 Å². The molecule has 1 aliphatic rings. The third-order valence-corrected chi connectivity index (χ3v) is 6.76. The first-order valence-corrected chi connectivity index (χ1v) is 13.7. The average Bonchev–Trinajstić information content (AvgIpc) is 3.01. The van der Waals surface area contributed by atoms with E-state index in [9.17, 15) is 14.0 Å². The van der Waals surface area contributed by atoms with Crippen LogP contribution >= 0.6 is 0 Å². The summed E-state index contributed by atoms with van der Waals surface area (Å²) >= 11 is 0. The van der Waals surface area contributed by atoms with E-state index in [-0.39, 0.29) is 11.4 Å². The van der Waals surface area contributed by atoms with E-state index in [4.69, 9.17) is 20.1 Å². The second kappa shape index (κ2) is 13.2. The molecule has 0 radical (unpaired) electrons. The maximum Gasteiger partial charge on any atom is 0.323 e. The highest BCUT2D eigenvalue weighted by Gasteiger charge is 2.19. The minimum Gasteiger partial charge on any atom is -0.378 e. The van der Waals surface area contributed by atoms with E-state index >= 15 is 0 Å². The number of amides is 3. The molecule has 11 nitrogen and oxygen atoms in total. The van der Waals surface area contributed by atoms with Crippen molar-refractivity contribution in [2.75, 3.05) is 54.2 Å². The van der Waals surface area contributed by atoms with E-state index in [0.717, 1.165) is 39.5 Å². The van der Waals surface area contributed by atoms with Gasteiger partial charge >= 0.3 is 6.03 Å². The number of benzene rings is 3. The maximum atomic E-state index is 14.2. The third-order valence-electron chi connectivity index (χ3n) is 6.76. The molecule has 1 aliphatic heterocycles. The molecule has 0 unspecified atom stereocenters. The lowest BCUT2D eigenvalue weighted by Crippen LogP contribution is -2.72. The first-order valence-electron chi connectivity index (χ1n) is 13.7. The molecule has 3 amide bonds. The molecule has 43 heavy (non-hydrogen) atoms. The number of hydrogen-bond donors (Lipinski definition) is 5. The fourth-order valence-corrected chi connectivity index (χ4v) is 4.72. The second-order valence-corrected chi connectivity index (χ2v) is 9.83. The molecule has 2 heterocycles. The van der Waals surface area contributed by atoms with Gasteiger partial charge in [-0.15, -0.1) is 0 Å². The molecular formula is C31H32FN8O3+. The minimum atomic E-state index is -0.662. The largest absolute Gasteiger partial charge is 0.378 e. The van der Waals surface area contributed by atoms with Gasteiger partial charge in [-0.3, -0.25) is 4.79 Å². The zero-order valence-electron chi connectivity index (χ0n) is 23.8. The van der Waals surface area contributed by atoms with E-state index in [1.807, 2.05) is 48.9 Å². The lowest BCUT2D eigenvalue weighted by atomic mass is 10.0. The molecule has 6 N–H and O–H groups in total. The Kier molecular flexibility index (Phi) is 8.99. The summed E-state index contributed by atoms with van der Waals surface area (Å²) in [6.45, 7) is 3.93. The number of nitrogens with zero attached hydrogens (tertiary/aromatic N) is 3. The van der Waals surface area contributed by atoms with Crippen LogP contribution in [0.15, 0.2) is 66.9 Å².